The summed E-state index contributed by atoms with van der Waals surface area (Å²) in [4.78, 5) is 49.7. The van der Waals surface area contributed by atoms with Crippen LogP contribution in [0.5, 0.6) is 5.75 Å². The number of anilines is 2. The van der Waals surface area contributed by atoms with Gasteiger partial charge >= 0.3 is 0 Å². The Morgan fingerprint density at radius 2 is 1.61 bits per heavy atom. The van der Waals surface area contributed by atoms with Gasteiger partial charge in [-0.15, -0.1) is 0 Å². The first-order chi connectivity index (χ1) is 23.6. The normalized spacial score (nSPS) is 28.2. The van der Waals surface area contributed by atoms with Gasteiger partial charge in [0, 0.05) is 18.8 Å². The molecule has 1 unspecified atom stereocenters. The second-order valence-corrected chi connectivity index (χ2v) is 13.7. The fraction of sp³-hybridized carbons (Fsp3) is 0.359. The maximum Gasteiger partial charge on any atom is 0.253 e. The minimum Gasteiger partial charge on any atom is -0.494 e. The molecule has 4 aliphatic heterocycles. The lowest BCUT2D eigenvalue weighted by molar-refractivity contribution is -0.148. The van der Waals surface area contributed by atoms with E-state index in [1.807, 2.05) is 112 Å². The quantitative estimate of drug-likeness (QED) is 0.331. The van der Waals surface area contributed by atoms with Crippen molar-refractivity contribution < 1.29 is 29.0 Å². The molecular formula is C39H40ClN3O6. The second kappa shape index (κ2) is 12.8. The molecule has 0 aromatic heterocycles. The number of hydrogen-bond acceptors (Lipinski definition) is 6. The molecule has 1 spiro atoms. The summed E-state index contributed by atoms with van der Waals surface area (Å²) in [6, 6.07) is 20.3. The minimum absolute atomic E-state index is 0.186. The van der Waals surface area contributed by atoms with Crippen molar-refractivity contribution >= 4 is 40.7 Å². The van der Waals surface area contributed by atoms with E-state index in [1.165, 1.54) is 4.90 Å². The average Bonchev–Trinajstić information content (AvgIpc) is 3.37. The topological polar surface area (TPSA) is 99.6 Å². The van der Waals surface area contributed by atoms with Crippen LogP contribution in [0.1, 0.15) is 25.0 Å². The van der Waals surface area contributed by atoms with Gasteiger partial charge in [0.1, 0.15) is 17.4 Å². The fourth-order valence-corrected chi connectivity index (χ4v) is 8.60. The second-order valence-electron chi connectivity index (χ2n) is 13.3. The molecule has 3 aromatic carbocycles. The van der Waals surface area contributed by atoms with Crippen LogP contribution in [0.15, 0.2) is 97.1 Å². The molecule has 0 bridgehead atoms. The Morgan fingerprint density at radius 3 is 2.31 bits per heavy atom. The third-order valence-corrected chi connectivity index (χ3v) is 10.6. The lowest BCUT2D eigenvalue weighted by Gasteiger charge is -2.40. The molecule has 7 rings (SSSR count). The largest absolute Gasteiger partial charge is 0.494 e. The number of rotatable bonds is 8. The number of aryl methyl sites for hydroxylation is 1. The Hall–Kier alpha value is -4.44. The van der Waals surface area contributed by atoms with Crippen molar-refractivity contribution in [1.29, 1.82) is 0 Å². The monoisotopic (exact) mass is 681 g/mol. The molecular weight excluding hydrogens is 642 g/mol. The van der Waals surface area contributed by atoms with Crippen LogP contribution in [0, 0.1) is 18.8 Å². The molecule has 0 aliphatic carbocycles. The molecule has 49 heavy (non-hydrogen) atoms. The number of aliphatic hydroxyl groups excluding tert-OH is 1. The highest BCUT2D eigenvalue weighted by Gasteiger charge is 2.75. The summed E-state index contributed by atoms with van der Waals surface area (Å²) in [6.07, 6.45) is 7.69. The molecule has 1 N–H and O–H groups in total. The van der Waals surface area contributed by atoms with Crippen molar-refractivity contribution in [3.63, 3.8) is 0 Å². The molecule has 2 saturated heterocycles. The number of hydrogen-bond donors (Lipinski definition) is 1. The molecule has 3 amide bonds. The van der Waals surface area contributed by atoms with Gasteiger partial charge < -0.3 is 29.3 Å². The van der Waals surface area contributed by atoms with E-state index < -0.39 is 47.6 Å². The molecule has 0 radical (unpaired) electrons. The summed E-state index contributed by atoms with van der Waals surface area (Å²) in [5, 5.41) is 11.3. The number of ether oxygens (including phenoxy) is 2. The third kappa shape index (κ3) is 5.35. The van der Waals surface area contributed by atoms with E-state index in [-0.39, 0.29) is 24.9 Å². The smallest absolute Gasteiger partial charge is 0.253 e. The zero-order valence-corrected chi connectivity index (χ0v) is 28.5. The number of aliphatic hydroxyl groups is 1. The first kappa shape index (κ1) is 33.1. The number of amides is 3. The van der Waals surface area contributed by atoms with Crippen LogP contribution in [0.4, 0.5) is 11.4 Å². The van der Waals surface area contributed by atoms with E-state index in [2.05, 4.69) is 0 Å². The van der Waals surface area contributed by atoms with Crippen molar-refractivity contribution in [1.82, 2.24) is 4.90 Å². The van der Waals surface area contributed by atoms with Gasteiger partial charge in [0.15, 0.2) is 0 Å². The molecule has 4 aliphatic rings. The van der Waals surface area contributed by atoms with Gasteiger partial charge in [0.25, 0.3) is 5.91 Å². The summed E-state index contributed by atoms with van der Waals surface area (Å²) < 4.78 is 12.6. The van der Waals surface area contributed by atoms with Gasteiger partial charge in [-0.1, -0.05) is 78.4 Å². The van der Waals surface area contributed by atoms with Crippen molar-refractivity contribution in [3.05, 3.63) is 113 Å². The van der Waals surface area contributed by atoms with Crippen LogP contribution in [0.3, 0.4) is 0 Å². The van der Waals surface area contributed by atoms with Gasteiger partial charge in [-0.3, -0.25) is 14.4 Å². The molecule has 10 heteroatoms. The molecule has 254 valence electrons. The highest BCUT2D eigenvalue weighted by Crippen LogP contribution is 2.58. The van der Waals surface area contributed by atoms with Gasteiger partial charge in [-0.05, 0) is 68.7 Å². The first-order valence-electron chi connectivity index (χ1n) is 16.8. The van der Waals surface area contributed by atoms with Crippen LogP contribution in [0.2, 0.25) is 5.02 Å². The van der Waals surface area contributed by atoms with Crippen LogP contribution < -0.4 is 14.5 Å². The summed E-state index contributed by atoms with van der Waals surface area (Å²) >= 11 is 6.72. The predicted molar refractivity (Wildman–Crippen MR) is 188 cm³/mol. The fourth-order valence-electron chi connectivity index (χ4n) is 8.28. The van der Waals surface area contributed by atoms with Crippen LogP contribution in [-0.4, -0.2) is 77.3 Å². The number of fused-ring (bicyclic) bond motifs is 2. The summed E-state index contributed by atoms with van der Waals surface area (Å²) in [6.45, 7) is 6.21. The van der Waals surface area contributed by atoms with E-state index in [0.717, 1.165) is 11.1 Å². The Kier molecular flexibility index (Phi) is 8.63. The van der Waals surface area contributed by atoms with E-state index in [4.69, 9.17) is 21.1 Å². The van der Waals surface area contributed by atoms with Gasteiger partial charge in [-0.25, -0.2) is 0 Å². The van der Waals surface area contributed by atoms with Gasteiger partial charge in [0.2, 0.25) is 11.8 Å². The zero-order valence-electron chi connectivity index (χ0n) is 27.8. The Balaban J connectivity index is 1.36. The van der Waals surface area contributed by atoms with E-state index in [1.54, 1.807) is 15.9 Å². The number of halogens is 1. The Bertz CT molecular complexity index is 1810. The minimum atomic E-state index is -1.50. The SMILES string of the molecule is CCOc1ccc(N2CC=C[C@]3(C)O[C@]45C=CCN(c6c(C)cccc6Cl)C(=O)C4N([C@@H](CO)Cc4ccccc4)C(=O)[C@@H]5[C@@H]3C2=O)cc1. The van der Waals surface area contributed by atoms with Crippen molar-refractivity contribution in [2.24, 2.45) is 11.8 Å². The lowest BCUT2D eigenvalue weighted by Crippen LogP contribution is -2.59. The molecule has 0 saturated carbocycles. The van der Waals surface area contributed by atoms with Crippen molar-refractivity contribution in [3.8, 4) is 5.75 Å². The number of carbonyl (C=O) groups is 3. The van der Waals surface area contributed by atoms with E-state index in [0.29, 0.717) is 35.2 Å². The molecule has 6 atom stereocenters. The maximum absolute atomic E-state index is 15.1. The highest BCUT2D eigenvalue weighted by atomic mass is 35.5. The average molecular weight is 682 g/mol. The summed E-state index contributed by atoms with van der Waals surface area (Å²) in [5.74, 6) is -2.38. The first-order valence-corrected chi connectivity index (χ1v) is 17.1. The molecule has 2 fully saturated rings. The molecule has 4 heterocycles. The van der Waals surface area contributed by atoms with Gasteiger partial charge in [-0.2, -0.15) is 0 Å². The van der Waals surface area contributed by atoms with Crippen molar-refractivity contribution in [2.45, 2.75) is 50.5 Å². The molecule has 9 nitrogen and oxygen atoms in total. The maximum atomic E-state index is 15.1. The number of carbonyl (C=O) groups excluding carboxylic acids is 3. The third-order valence-electron chi connectivity index (χ3n) is 10.3. The number of likely N-dealkylation sites (tertiary alicyclic amines) is 1. The lowest BCUT2D eigenvalue weighted by atomic mass is 9.74. The van der Waals surface area contributed by atoms with E-state index >= 15 is 9.59 Å². The number of nitrogens with zero attached hydrogens (tertiary/aromatic N) is 3. The van der Waals surface area contributed by atoms with Gasteiger partial charge in [0.05, 0.1) is 47.4 Å². The van der Waals surface area contributed by atoms with E-state index in [9.17, 15) is 9.90 Å². The van der Waals surface area contributed by atoms with Crippen LogP contribution in [0.25, 0.3) is 0 Å². The number of benzene rings is 3. The van der Waals surface area contributed by atoms with Crippen LogP contribution >= 0.6 is 11.6 Å². The Labute approximate surface area is 291 Å². The van der Waals surface area contributed by atoms with Crippen molar-refractivity contribution in [2.75, 3.05) is 36.1 Å². The zero-order chi connectivity index (χ0) is 34.5. The number of para-hydroxylation sites is 1. The van der Waals surface area contributed by atoms with Crippen LogP contribution in [-0.2, 0) is 25.5 Å². The standard InChI is InChI=1S/C39H40ClN3O6/c1-4-48-29-17-15-27(16-18-29)41-21-9-19-38(3)31(35(41)45)32-36(46)43(28(24-44)23-26-12-6-5-7-13-26)34-37(47)42(22-10-20-39(32,34)49-38)33-25(2)11-8-14-30(33)40/h5-20,28,31-32,34,44H,4,21-24H2,1-3H3/t28-,31-,32+,34?,38+,39+/m1/s1. The highest BCUT2D eigenvalue weighted by molar-refractivity contribution is 6.34. The summed E-state index contributed by atoms with van der Waals surface area (Å²) in [7, 11) is 0. The Morgan fingerprint density at radius 1 is 0.898 bits per heavy atom. The summed E-state index contributed by atoms with van der Waals surface area (Å²) in [5.41, 5.74) is 0.212. The molecule has 3 aromatic rings. The predicted octanol–water partition coefficient (Wildman–Crippen LogP) is 5.13.